The molecule has 0 bridgehead atoms. The van der Waals surface area contributed by atoms with Gasteiger partial charge in [-0.3, -0.25) is 4.98 Å². The van der Waals surface area contributed by atoms with Gasteiger partial charge < -0.3 is 0 Å². The van der Waals surface area contributed by atoms with Crippen molar-refractivity contribution >= 4 is 21.5 Å². The summed E-state index contributed by atoms with van der Waals surface area (Å²) in [6.45, 7) is 2.08. The van der Waals surface area contributed by atoms with Crippen molar-refractivity contribution in [2.75, 3.05) is 0 Å². The molecule has 1 nitrogen and oxygen atoms in total. The fraction of sp³-hybridized carbons (Fsp3) is 0.0263. The Balaban J connectivity index is 1.48. The molecule has 0 saturated heterocycles. The molecule has 7 aromatic rings. The number of aromatic nitrogens is 1. The van der Waals surface area contributed by atoms with Crippen molar-refractivity contribution in [3.05, 3.63) is 151 Å². The minimum atomic E-state index is 1.14. The summed E-state index contributed by atoms with van der Waals surface area (Å²) in [5.41, 5.74) is 10.9. The molecule has 0 aliphatic rings. The number of fused-ring (bicyclic) bond motifs is 2. The van der Waals surface area contributed by atoms with Crippen molar-refractivity contribution in [2.45, 2.75) is 6.92 Å². The Morgan fingerprint density at radius 3 is 1.44 bits per heavy atom. The summed E-state index contributed by atoms with van der Waals surface area (Å²) in [7, 11) is 0. The van der Waals surface area contributed by atoms with Crippen LogP contribution in [0.2, 0.25) is 0 Å². The summed E-state index contributed by atoms with van der Waals surface area (Å²) in [6, 6.07) is 48.4. The van der Waals surface area contributed by atoms with Crippen molar-refractivity contribution < 1.29 is 0 Å². The molecule has 0 radical (unpaired) electrons. The maximum atomic E-state index is 4.37. The lowest BCUT2D eigenvalue weighted by atomic mass is 9.85. The van der Waals surface area contributed by atoms with E-state index in [2.05, 4.69) is 145 Å². The van der Waals surface area contributed by atoms with Gasteiger partial charge in [0, 0.05) is 18.0 Å². The molecule has 1 heterocycles. The van der Waals surface area contributed by atoms with Crippen molar-refractivity contribution in [1.29, 1.82) is 0 Å². The van der Waals surface area contributed by atoms with Gasteiger partial charge in [0.2, 0.25) is 0 Å². The zero-order valence-corrected chi connectivity index (χ0v) is 21.8. The van der Waals surface area contributed by atoms with Crippen LogP contribution in [-0.2, 0) is 0 Å². The molecule has 0 unspecified atom stereocenters. The molecule has 0 fully saturated rings. The normalized spacial score (nSPS) is 11.2. The van der Waals surface area contributed by atoms with Crippen LogP contribution in [0, 0.1) is 6.92 Å². The van der Waals surface area contributed by atoms with Crippen LogP contribution in [0.3, 0.4) is 0 Å². The van der Waals surface area contributed by atoms with Crippen LogP contribution < -0.4 is 0 Å². The standard InChI is InChI=1S/C38H27N/c1-26-22-32(25-39-24-26)28-18-16-27(17-19-28)31-20-21-35-36(23-31)38(30-12-6-3-7-13-30)34-15-9-8-14-33(34)37(35)29-10-4-2-5-11-29/h2-25H,1H3. The lowest BCUT2D eigenvalue weighted by Crippen LogP contribution is -1.91. The van der Waals surface area contributed by atoms with Crippen molar-refractivity contribution in [3.8, 4) is 44.5 Å². The number of hydrogen-bond donors (Lipinski definition) is 0. The average Bonchev–Trinajstić information content (AvgIpc) is 3.00. The fourth-order valence-corrected chi connectivity index (χ4v) is 5.76. The maximum absolute atomic E-state index is 4.37. The first kappa shape index (κ1) is 23.1. The Labute approximate surface area is 229 Å². The molecule has 0 amide bonds. The molecule has 1 aromatic heterocycles. The van der Waals surface area contributed by atoms with Gasteiger partial charge >= 0.3 is 0 Å². The van der Waals surface area contributed by atoms with Crippen LogP contribution in [0.1, 0.15) is 5.56 Å². The smallest absolute Gasteiger partial charge is 0.0346 e. The molecular formula is C38H27N. The van der Waals surface area contributed by atoms with Crippen LogP contribution in [-0.4, -0.2) is 4.98 Å². The molecule has 0 N–H and O–H groups in total. The number of pyridine rings is 1. The molecule has 1 heteroatoms. The van der Waals surface area contributed by atoms with Gasteiger partial charge in [0.15, 0.2) is 0 Å². The van der Waals surface area contributed by atoms with Crippen molar-refractivity contribution in [1.82, 2.24) is 4.98 Å². The van der Waals surface area contributed by atoms with E-state index in [1.165, 1.54) is 66.1 Å². The van der Waals surface area contributed by atoms with E-state index >= 15 is 0 Å². The second-order valence-corrected chi connectivity index (χ2v) is 10.1. The van der Waals surface area contributed by atoms with E-state index in [9.17, 15) is 0 Å². The summed E-state index contributed by atoms with van der Waals surface area (Å²) < 4.78 is 0. The molecule has 0 aliphatic carbocycles. The predicted molar refractivity (Wildman–Crippen MR) is 166 cm³/mol. The van der Waals surface area contributed by atoms with Gasteiger partial charge in [-0.05, 0) is 85.1 Å². The molecule has 6 aromatic carbocycles. The molecule has 184 valence electrons. The first-order valence-corrected chi connectivity index (χ1v) is 13.4. The SMILES string of the molecule is Cc1cncc(-c2ccc(-c3ccc4c(-c5ccccc5)c5ccccc5c(-c5ccccc5)c4c3)cc2)c1. The lowest BCUT2D eigenvalue weighted by Gasteiger charge is -2.18. The average molecular weight is 498 g/mol. The van der Waals surface area contributed by atoms with E-state index in [-0.39, 0.29) is 0 Å². The number of aryl methyl sites for hydroxylation is 1. The van der Waals surface area contributed by atoms with E-state index < -0.39 is 0 Å². The predicted octanol–water partition coefficient (Wildman–Crippen LogP) is 10.4. The lowest BCUT2D eigenvalue weighted by molar-refractivity contribution is 1.27. The minimum absolute atomic E-state index is 1.14. The van der Waals surface area contributed by atoms with E-state index in [0.717, 1.165) is 5.56 Å². The highest BCUT2D eigenvalue weighted by molar-refractivity contribution is 6.21. The second-order valence-electron chi connectivity index (χ2n) is 10.1. The molecule has 0 atom stereocenters. The zero-order valence-electron chi connectivity index (χ0n) is 21.8. The van der Waals surface area contributed by atoms with Crippen LogP contribution in [0.5, 0.6) is 0 Å². The largest absolute Gasteiger partial charge is 0.264 e. The zero-order chi connectivity index (χ0) is 26.2. The van der Waals surface area contributed by atoms with Gasteiger partial charge in [-0.2, -0.15) is 0 Å². The van der Waals surface area contributed by atoms with Crippen LogP contribution in [0.25, 0.3) is 66.1 Å². The quantitative estimate of drug-likeness (QED) is 0.220. The van der Waals surface area contributed by atoms with Gasteiger partial charge in [-0.25, -0.2) is 0 Å². The molecular weight excluding hydrogens is 470 g/mol. The third kappa shape index (κ3) is 4.19. The summed E-state index contributed by atoms with van der Waals surface area (Å²) in [5, 5.41) is 5.08. The summed E-state index contributed by atoms with van der Waals surface area (Å²) in [6.07, 6.45) is 3.82. The van der Waals surface area contributed by atoms with E-state index in [0.29, 0.717) is 0 Å². The summed E-state index contributed by atoms with van der Waals surface area (Å²) in [4.78, 5) is 4.37. The van der Waals surface area contributed by atoms with Gasteiger partial charge in [0.05, 0.1) is 0 Å². The molecule has 0 aliphatic heterocycles. The van der Waals surface area contributed by atoms with Crippen LogP contribution >= 0.6 is 0 Å². The Morgan fingerprint density at radius 1 is 0.359 bits per heavy atom. The van der Waals surface area contributed by atoms with Crippen molar-refractivity contribution in [3.63, 3.8) is 0 Å². The maximum Gasteiger partial charge on any atom is 0.0346 e. The molecule has 39 heavy (non-hydrogen) atoms. The van der Waals surface area contributed by atoms with E-state index in [1.54, 1.807) is 0 Å². The van der Waals surface area contributed by atoms with Gasteiger partial charge in [0.25, 0.3) is 0 Å². The second kappa shape index (κ2) is 9.70. The molecule has 0 saturated carbocycles. The van der Waals surface area contributed by atoms with Crippen LogP contribution in [0.15, 0.2) is 146 Å². The first-order chi connectivity index (χ1) is 19.3. The third-order valence-corrected chi connectivity index (χ3v) is 7.58. The first-order valence-electron chi connectivity index (χ1n) is 13.4. The van der Waals surface area contributed by atoms with Crippen molar-refractivity contribution in [2.24, 2.45) is 0 Å². The highest BCUT2D eigenvalue weighted by Gasteiger charge is 2.17. The highest BCUT2D eigenvalue weighted by Crippen LogP contribution is 2.44. The van der Waals surface area contributed by atoms with E-state index in [4.69, 9.17) is 0 Å². The number of hydrogen-bond acceptors (Lipinski definition) is 1. The summed E-state index contributed by atoms with van der Waals surface area (Å²) in [5.74, 6) is 0. The minimum Gasteiger partial charge on any atom is -0.264 e. The Morgan fingerprint density at radius 2 is 0.846 bits per heavy atom. The number of benzene rings is 6. The summed E-state index contributed by atoms with van der Waals surface area (Å²) >= 11 is 0. The Hall–Kier alpha value is -5.01. The topological polar surface area (TPSA) is 12.9 Å². The number of rotatable bonds is 4. The van der Waals surface area contributed by atoms with Gasteiger partial charge in [0.1, 0.15) is 0 Å². The van der Waals surface area contributed by atoms with E-state index in [1.807, 2.05) is 12.4 Å². The monoisotopic (exact) mass is 497 g/mol. The molecule has 0 spiro atoms. The fourth-order valence-electron chi connectivity index (χ4n) is 5.76. The Kier molecular flexibility index (Phi) is 5.75. The third-order valence-electron chi connectivity index (χ3n) is 7.58. The van der Waals surface area contributed by atoms with Gasteiger partial charge in [-0.15, -0.1) is 0 Å². The Bertz CT molecular complexity index is 1940. The van der Waals surface area contributed by atoms with Gasteiger partial charge in [-0.1, -0.05) is 121 Å². The highest BCUT2D eigenvalue weighted by atomic mass is 14.6. The number of nitrogens with zero attached hydrogens (tertiary/aromatic N) is 1. The molecule has 7 rings (SSSR count). The van der Waals surface area contributed by atoms with Crippen LogP contribution in [0.4, 0.5) is 0 Å².